The van der Waals surface area contributed by atoms with Crippen molar-refractivity contribution in [3.05, 3.63) is 11.4 Å². The molecule has 0 bridgehead atoms. The fraction of sp³-hybridized carbons (Fsp3) is 0.714. The van der Waals surface area contributed by atoms with Crippen LogP contribution >= 0.6 is 0 Å². The van der Waals surface area contributed by atoms with E-state index in [2.05, 4.69) is 22.2 Å². The van der Waals surface area contributed by atoms with Crippen molar-refractivity contribution in [2.75, 3.05) is 17.6 Å². The third-order valence-electron chi connectivity index (χ3n) is 3.57. The molecule has 1 aliphatic rings. The highest BCUT2D eigenvalue weighted by Crippen LogP contribution is 2.39. The molecule has 1 unspecified atom stereocenters. The van der Waals surface area contributed by atoms with Crippen LogP contribution in [0.15, 0.2) is 0 Å². The van der Waals surface area contributed by atoms with Gasteiger partial charge in [-0.3, -0.25) is 0 Å². The fourth-order valence-electron chi connectivity index (χ4n) is 2.15. The van der Waals surface area contributed by atoms with Crippen molar-refractivity contribution >= 4 is 11.6 Å². The molecule has 1 fully saturated rings. The maximum Gasteiger partial charge on any atom is 0.136 e. The Morgan fingerprint density at radius 1 is 1.42 bits per heavy atom. The second-order valence-electron chi connectivity index (χ2n) is 5.82. The van der Waals surface area contributed by atoms with Crippen LogP contribution in [0.5, 0.6) is 0 Å². The molecule has 1 atom stereocenters. The minimum atomic E-state index is -0.722. The molecule has 5 nitrogen and oxygen atoms in total. The van der Waals surface area contributed by atoms with Gasteiger partial charge in [-0.15, -0.1) is 0 Å². The molecule has 106 valence electrons. The summed E-state index contributed by atoms with van der Waals surface area (Å²) in [5, 5.41) is 13.4. The smallest absolute Gasteiger partial charge is 0.136 e. The molecule has 1 heterocycles. The summed E-state index contributed by atoms with van der Waals surface area (Å²) in [5.41, 5.74) is 6.07. The van der Waals surface area contributed by atoms with E-state index in [4.69, 9.17) is 5.73 Å². The molecule has 2 rings (SSSR count). The molecular weight excluding hydrogens is 240 g/mol. The summed E-state index contributed by atoms with van der Waals surface area (Å²) in [7, 11) is 0. The molecule has 1 saturated carbocycles. The van der Waals surface area contributed by atoms with Gasteiger partial charge in [0.15, 0.2) is 0 Å². The third kappa shape index (κ3) is 3.56. The van der Waals surface area contributed by atoms with Crippen LogP contribution in [0.3, 0.4) is 0 Å². The molecule has 0 radical (unpaired) electrons. The molecule has 1 aliphatic carbocycles. The lowest BCUT2D eigenvalue weighted by Crippen LogP contribution is -2.33. The van der Waals surface area contributed by atoms with Crippen LogP contribution in [0, 0.1) is 6.92 Å². The van der Waals surface area contributed by atoms with Crippen molar-refractivity contribution in [3.8, 4) is 0 Å². The Bertz CT molecular complexity index is 455. The van der Waals surface area contributed by atoms with E-state index in [-0.39, 0.29) is 0 Å². The number of rotatable bonds is 6. The standard InChI is InChI=1S/C14H24N4O/c1-4-7-14(3,19)8-16-12-9(2)11(15)17-13(18-12)10-5-6-10/h10,19H,4-8H2,1-3H3,(H3,15,16,17,18). The van der Waals surface area contributed by atoms with E-state index in [1.54, 1.807) is 0 Å². The summed E-state index contributed by atoms with van der Waals surface area (Å²) in [6.07, 6.45) is 4.01. The average molecular weight is 264 g/mol. The lowest BCUT2D eigenvalue weighted by Gasteiger charge is -2.24. The van der Waals surface area contributed by atoms with Crippen molar-refractivity contribution in [2.24, 2.45) is 0 Å². The number of hydrogen-bond donors (Lipinski definition) is 3. The number of nitrogens with zero attached hydrogens (tertiary/aromatic N) is 2. The van der Waals surface area contributed by atoms with Crippen molar-refractivity contribution in [1.29, 1.82) is 0 Å². The Balaban J connectivity index is 2.10. The Hall–Kier alpha value is -1.36. The number of hydrogen-bond acceptors (Lipinski definition) is 5. The molecule has 5 heteroatoms. The summed E-state index contributed by atoms with van der Waals surface area (Å²) in [6.45, 7) is 6.28. The van der Waals surface area contributed by atoms with E-state index >= 15 is 0 Å². The number of nitrogens with two attached hydrogens (primary N) is 1. The van der Waals surface area contributed by atoms with Crippen LogP contribution < -0.4 is 11.1 Å². The van der Waals surface area contributed by atoms with Crippen molar-refractivity contribution in [1.82, 2.24) is 9.97 Å². The monoisotopic (exact) mass is 264 g/mol. The molecule has 19 heavy (non-hydrogen) atoms. The van der Waals surface area contributed by atoms with Gasteiger partial charge in [0.05, 0.1) is 5.60 Å². The molecule has 4 N–H and O–H groups in total. The average Bonchev–Trinajstić information content (AvgIpc) is 3.15. The van der Waals surface area contributed by atoms with Crippen LogP contribution in [-0.2, 0) is 0 Å². The van der Waals surface area contributed by atoms with Crippen LogP contribution in [0.4, 0.5) is 11.6 Å². The van der Waals surface area contributed by atoms with Gasteiger partial charge >= 0.3 is 0 Å². The summed E-state index contributed by atoms with van der Waals surface area (Å²) in [5.74, 6) is 2.60. The largest absolute Gasteiger partial charge is 0.388 e. The summed E-state index contributed by atoms with van der Waals surface area (Å²) in [6, 6.07) is 0. The Morgan fingerprint density at radius 3 is 2.68 bits per heavy atom. The van der Waals surface area contributed by atoms with Gasteiger partial charge < -0.3 is 16.2 Å². The maximum absolute atomic E-state index is 10.2. The maximum atomic E-state index is 10.2. The Kier molecular flexibility index (Phi) is 3.94. The van der Waals surface area contributed by atoms with Crippen LogP contribution in [-0.4, -0.2) is 27.2 Å². The summed E-state index contributed by atoms with van der Waals surface area (Å²) < 4.78 is 0. The van der Waals surface area contributed by atoms with Gasteiger partial charge in [0.1, 0.15) is 17.5 Å². The summed E-state index contributed by atoms with van der Waals surface area (Å²) >= 11 is 0. The second kappa shape index (κ2) is 5.33. The number of nitrogen functional groups attached to an aromatic ring is 1. The molecule has 0 aliphatic heterocycles. The quantitative estimate of drug-likeness (QED) is 0.733. The highest BCUT2D eigenvalue weighted by Gasteiger charge is 2.28. The summed E-state index contributed by atoms with van der Waals surface area (Å²) in [4.78, 5) is 8.89. The molecular formula is C14H24N4O. The zero-order valence-corrected chi connectivity index (χ0v) is 12.0. The molecule has 1 aromatic heterocycles. The van der Waals surface area contributed by atoms with E-state index < -0.39 is 5.60 Å². The van der Waals surface area contributed by atoms with E-state index in [0.29, 0.717) is 18.3 Å². The first-order valence-electron chi connectivity index (χ1n) is 7.03. The highest BCUT2D eigenvalue weighted by atomic mass is 16.3. The molecule has 0 aromatic carbocycles. The first kappa shape index (κ1) is 14.1. The van der Waals surface area contributed by atoms with Crippen LogP contribution in [0.25, 0.3) is 0 Å². The SMILES string of the molecule is CCCC(C)(O)CNc1nc(C2CC2)nc(N)c1C. The van der Waals surface area contributed by atoms with Gasteiger partial charge in [-0.05, 0) is 33.1 Å². The van der Waals surface area contributed by atoms with Gasteiger partial charge in [-0.2, -0.15) is 0 Å². The first-order valence-corrected chi connectivity index (χ1v) is 7.03. The predicted octanol–water partition coefficient (Wildman–Crippen LogP) is 2.21. The predicted molar refractivity (Wildman–Crippen MR) is 77.2 cm³/mol. The molecule has 0 saturated heterocycles. The van der Waals surface area contributed by atoms with Crippen LogP contribution in [0.2, 0.25) is 0 Å². The highest BCUT2D eigenvalue weighted by molar-refractivity contribution is 5.55. The third-order valence-corrected chi connectivity index (χ3v) is 3.57. The second-order valence-corrected chi connectivity index (χ2v) is 5.82. The van der Waals surface area contributed by atoms with Crippen LogP contribution in [0.1, 0.15) is 56.8 Å². The van der Waals surface area contributed by atoms with Gasteiger partial charge in [0.25, 0.3) is 0 Å². The minimum Gasteiger partial charge on any atom is -0.388 e. The van der Waals surface area contributed by atoms with Gasteiger partial charge in [0.2, 0.25) is 0 Å². The Labute approximate surface area is 114 Å². The van der Waals surface area contributed by atoms with Gasteiger partial charge in [-0.25, -0.2) is 9.97 Å². The van der Waals surface area contributed by atoms with E-state index in [1.165, 1.54) is 0 Å². The van der Waals surface area contributed by atoms with Crippen molar-refractivity contribution in [2.45, 2.75) is 58.0 Å². The zero-order valence-electron chi connectivity index (χ0n) is 12.0. The molecule has 1 aromatic rings. The van der Waals surface area contributed by atoms with Crippen molar-refractivity contribution in [3.63, 3.8) is 0 Å². The number of aliphatic hydroxyl groups is 1. The minimum absolute atomic E-state index is 0.472. The lowest BCUT2D eigenvalue weighted by molar-refractivity contribution is 0.0636. The normalized spacial score (nSPS) is 18.1. The van der Waals surface area contributed by atoms with E-state index in [9.17, 15) is 5.11 Å². The van der Waals surface area contributed by atoms with Crippen molar-refractivity contribution < 1.29 is 5.11 Å². The lowest BCUT2D eigenvalue weighted by atomic mass is 10.0. The Morgan fingerprint density at radius 2 is 2.11 bits per heavy atom. The van der Waals surface area contributed by atoms with E-state index in [0.717, 1.165) is 42.9 Å². The number of aromatic nitrogens is 2. The molecule has 0 amide bonds. The number of anilines is 2. The first-order chi connectivity index (χ1) is 8.93. The molecule has 0 spiro atoms. The van der Waals surface area contributed by atoms with Gasteiger partial charge in [0, 0.05) is 18.0 Å². The topological polar surface area (TPSA) is 84.1 Å². The van der Waals surface area contributed by atoms with Gasteiger partial charge in [-0.1, -0.05) is 13.3 Å². The number of nitrogens with one attached hydrogen (secondary N) is 1. The zero-order chi connectivity index (χ0) is 14.0. The van der Waals surface area contributed by atoms with E-state index in [1.807, 2.05) is 13.8 Å². The fourth-order valence-corrected chi connectivity index (χ4v) is 2.15.